The first-order valence-electron chi connectivity index (χ1n) is 8.95. The van der Waals surface area contributed by atoms with E-state index in [-0.39, 0.29) is 5.82 Å². The quantitative estimate of drug-likeness (QED) is 0.637. The molecule has 25 heavy (non-hydrogen) atoms. The van der Waals surface area contributed by atoms with Gasteiger partial charge in [0.1, 0.15) is 5.82 Å². The molecule has 0 saturated heterocycles. The van der Waals surface area contributed by atoms with Gasteiger partial charge in [-0.2, -0.15) is 0 Å². The molecule has 130 valence electrons. The Kier molecular flexibility index (Phi) is 4.78. The van der Waals surface area contributed by atoms with Crippen LogP contribution in [-0.4, -0.2) is 10.6 Å². The highest BCUT2D eigenvalue weighted by Gasteiger charge is 2.16. The summed E-state index contributed by atoms with van der Waals surface area (Å²) in [5.41, 5.74) is 3.42. The molecule has 1 aliphatic carbocycles. The van der Waals surface area contributed by atoms with E-state index >= 15 is 0 Å². The normalized spacial score (nSPS) is 15.3. The molecule has 2 nitrogen and oxygen atoms in total. The van der Waals surface area contributed by atoms with Crippen molar-refractivity contribution < 1.29 is 4.39 Å². The summed E-state index contributed by atoms with van der Waals surface area (Å²) < 4.78 is 15.5. The van der Waals surface area contributed by atoms with Crippen LogP contribution < -0.4 is 5.32 Å². The zero-order chi connectivity index (χ0) is 17.2. The lowest BCUT2D eigenvalue weighted by atomic mass is 10.1. The fraction of sp³-hybridized carbons (Fsp3) is 0.333. The maximum absolute atomic E-state index is 13.3. The molecule has 1 saturated carbocycles. The van der Waals surface area contributed by atoms with E-state index in [1.807, 2.05) is 0 Å². The predicted molar refractivity (Wildman–Crippen MR) is 102 cm³/mol. The molecule has 0 atom stereocenters. The minimum absolute atomic E-state index is 0.299. The van der Waals surface area contributed by atoms with Crippen molar-refractivity contribution in [2.75, 3.05) is 0 Å². The third-order valence-corrected chi connectivity index (χ3v) is 5.52. The second-order valence-electron chi connectivity index (χ2n) is 6.90. The Morgan fingerprint density at radius 3 is 2.68 bits per heavy atom. The van der Waals surface area contributed by atoms with Crippen molar-refractivity contribution in [2.45, 2.75) is 44.8 Å². The molecule has 1 aliphatic rings. The van der Waals surface area contributed by atoms with Crippen LogP contribution in [0.1, 0.15) is 36.8 Å². The monoisotopic (exact) mass is 356 g/mol. The van der Waals surface area contributed by atoms with Crippen LogP contribution in [0.4, 0.5) is 4.39 Å². The van der Waals surface area contributed by atoms with Gasteiger partial charge >= 0.3 is 0 Å². The van der Waals surface area contributed by atoms with Crippen LogP contribution in [0.15, 0.2) is 48.7 Å². The lowest BCUT2D eigenvalue weighted by Crippen LogP contribution is -2.25. The smallest absolute Gasteiger partial charge is 0.124 e. The highest BCUT2D eigenvalue weighted by Crippen LogP contribution is 2.26. The molecule has 0 unspecified atom stereocenters. The number of benzene rings is 2. The molecular weight excluding hydrogens is 335 g/mol. The van der Waals surface area contributed by atoms with E-state index in [0.29, 0.717) is 17.6 Å². The van der Waals surface area contributed by atoms with E-state index in [1.165, 1.54) is 54.3 Å². The highest BCUT2D eigenvalue weighted by atomic mass is 35.5. The Hall–Kier alpha value is -1.84. The fourth-order valence-corrected chi connectivity index (χ4v) is 4.04. The van der Waals surface area contributed by atoms with Crippen molar-refractivity contribution in [3.63, 3.8) is 0 Å². The Labute approximate surface area is 152 Å². The molecule has 0 spiro atoms. The molecule has 1 N–H and O–H groups in total. The van der Waals surface area contributed by atoms with Gasteiger partial charge in [-0.15, -0.1) is 0 Å². The molecule has 4 rings (SSSR count). The molecule has 2 aromatic carbocycles. The van der Waals surface area contributed by atoms with E-state index in [0.717, 1.165) is 12.1 Å². The third-order valence-electron chi connectivity index (χ3n) is 5.16. The first-order valence-corrected chi connectivity index (χ1v) is 9.32. The number of hydrogen-bond acceptors (Lipinski definition) is 1. The van der Waals surface area contributed by atoms with Gasteiger partial charge < -0.3 is 9.88 Å². The Bertz CT molecular complexity index is 881. The van der Waals surface area contributed by atoms with Crippen LogP contribution in [0.25, 0.3) is 10.9 Å². The molecule has 0 aliphatic heterocycles. The SMILES string of the molecule is Fc1ccc(Cn2cc(CNC3CCCC3)c3ccccc32)c(Cl)c1. The molecule has 4 heteroatoms. The molecule has 1 aromatic heterocycles. The second-order valence-corrected chi connectivity index (χ2v) is 7.30. The van der Waals surface area contributed by atoms with Crippen molar-refractivity contribution in [2.24, 2.45) is 0 Å². The van der Waals surface area contributed by atoms with Crippen molar-refractivity contribution in [1.29, 1.82) is 0 Å². The van der Waals surface area contributed by atoms with Gasteiger partial charge in [-0.05, 0) is 42.2 Å². The minimum Gasteiger partial charge on any atom is -0.343 e. The van der Waals surface area contributed by atoms with E-state index in [2.05, 4.69) is 40.3 Å². The Morgan fingerprint density at radius 2 is 1.88 bits per heavy atom. The molecule has 0 radical (unpaired) electrons. The number of rotatable bonds is 5. The lowest BCUT2D eigenvalue weighted by Gasteiger charge is -2.10. The maximum atomic E-state index is 13.3. The van der Waals surface area contributed by atoms with E-state index in [9.17, 15) is 4.39 Å². The van der Waals surface area contributed by atoms with Gasteiger partial charge in [0.2, 0.25) is 0 Å². The summed E-state index contributed by atoms with van der Waals surface area (Å²) in [5, 5.41) is 5.44. The van der Waals surface area contributed by atoms with Gasteiger partial charge in [0.25, 0.3) is 0 Å². The largest absolute Gasteiger partial charge is 0.343 e. The number of fused-ring (bicyclic) bond motifs is 1. The summed E-state index contributed by atoms with van der Waals surface area (Å²) in [5.74, 6) is -0.299. The first kappa shape index (κ1) is 16.6. The van der Waals surface area contributed by atoms with Gasteiger partial charge in [-0.1, -0.05) is 48.7 Å². The number of nitrogens with zero attached hydrogens (tertiary/aromatic N) is 1. The van der Waals surface area contributed by atoms with Gasteiger partial charge in [0, 0.05) is 41.3 Å². The van der Waals surface area contributed by atoms with Gasteiger partial charge in [0.15, 0.2) is 0 Å². The summed E-state index contributed by atoms with van der Waals surface area (Å²) in [6.07, 6.45) is 7.44. The standard InChI is InChI=1S/C21H22ClFN2/c22-20-11-17(23)10-9-15(20)13-25-14-16(12-24-18-5-1-2-6-18)19-7-3-4-8-21(19)25/h3-4,7-11,14,18,24H,1-2,5-6,12-13H2. The summed E-state index contributed by atoms with van der Waals surface area (Å²) in [7, 11) is 0. The molecule has 1 heterocycles. The number of hydrogen-bond donors (Lipinski definition) is 1. The Morgan fingerprint density at radius 1 is 1.08 bits per heavy atom. The van der Waals surface area contributed by atoms with Crippen LogP contribution >= 0.6 is 11.6 Å². The Balaban J connectivity index is 1.62. The van der Waals surface area contributed by atoms with Crippen LogP contribution in [0.2, 0.25) is 5.02 Å². The predicted octanol–water partition coefficient (Wildman–Crippen LogP) is 5.51. The summed E-state index contributed by atoms with van der Waals surface area (Å²) >= 11 is 6.22. The topological polar surface area (TPSA) is 17.0 Å². The maximum Gasteiger partial charge on any atom is 0.124 e. The molecule has 0 bridgehead atoms. The zero-order valence-corrected chi connectivity index (χ0v) is 14.9. The average Bonchev–Trinajstić information content (AvgIpc) is 3.24. The summed E-state index contributed by atoms with van der Waals surface area (Å²) in [4.78, 5) is 0. The van der Waals surface area contributed by atoms with Crippen molar-refractivity contribution in [3.8, 4) is 0 Å². The highest BCUT2D eigenvalue weighted by molar-refractivity contribution is 6.31. The molecule has 3 aromatic rings. The first-order chi connectivity index (χ1) is 12.2. The summed E-state index contributed by atoms with van der Waals surface area (Å²) in [6.45, 7) is 1.53. The minimum atomic E-state index is -0.299. The van der Waals surface area contributed by atoms with Crippen LogP contribution in [0, 0.1) is 5.82 Å². The van der Waals surface area contributed by atoms with Crippen molar-refractivity contribution >= 4 is 22.5 Å². The third kappa shape index (κ3) is 3.58. The van der Waals surface area contributed by atoms with Gasteiger partial charge in [-0.3, -0.25) is 0 Å². The number of nitrogens with one attached hydrogen (secondary N) is 1. The van der Waals surface area contributed by atoms with Crippen LogP contribution in [0.5, 0.6) is 0 Å². The zero-order valence-electron chi connectivity index (χ0n) is 14.1. The number of aromatic nitrogens is 1. The van der Waals surface area contributed by atoms with Gasteiger partial charge in [-0.25, -0.2) is 4.39 Å². The lowest BCUT2D eigenvalue weighted by molar-refractivity contribution is 0.525. The van der Waals surface area contributed by atoms with E-state index < -0.39 is 0 Å². The summed E-state index contributed by atoms with van der Waals surface area (Å²) in [6, 6.07) is 13.7. The van der Waals surface area contributed by atoms with Crippen LogP contribution in [-0.2, 0) is 13.1 Å². The van der Waals surface area contributed by atoms with Crippen LogP contribution in [0.3, 0.4) is 0 Å². The van der Waals surface area contributed by atoms with Gasteiger partial charge in [0.05, 0.1) is 0 Å². The van der Waals surface area contributed by atoms with E-state index in [1.54, 1.807) is 6.07 Å². The molecule has 0 amide bonds. The fourth-order valence-electron chi connectivity index (χ4n) is 3.81. The molecular formula is C21H22ClFN2. The average molecular weight is 357 g/mol. The van der Waals surface area contributed by atoms with Crippen molar-refractivity contribution in [1.82, 2.24) is 9.88 Å². The second kappa shape index (κ2) is 7.19. The number of para-hydroxylation sites is 1. The molecule has 1 fully saturated rings. The van der Waals surface area contributed by atoms with Crippen molar-refractivity contribution in [3.05, 3.63) is 70.6 Å². The van der Waals surface area contributed by atoms with E-state index in [4.69, 9.17) is 11.6 Å². The number of halogens is 2.